The van der Waals surface area contributed by atoms with Gasteiger partial charge in [-0.1, -0.05) is 30.7 Å². The first-order valence-corrected chi connectivity index (χ1v) is 6.34. The second-order valence-electron chi connectivity index (χ2n) is 3.19. The summed E-state index contributed by atoms with van der Waals surface area (Å²) in [6, 6.07) is 6.91. The lowest BCUT2D eigenvalue weighted by Gasteiger charge is -2.10. The van der Waals surface area contributed by atoms with Crippen molar-refractivity contribution >= 4 is 28.2 Å². The molecule has 1 rings (SSSR count). The van der Waals surface area contributed by atoms with Crippen LogP contribution >= 0.6 is 11.6 Å². The SMILES string of the molecule is CCC(=O)C(C)S(=O)c1ccccc1Cl. The number of rotatable bonds is 4. The van der Waals surface area contributed by atoms with Crippen LogP contribution < -0.4 is 0 Å². The third-order valence-corrected chi connectivity index (χ3v) is 4.31. The van der Waals surface area contributed by atoms with Gasteiger partial charge in [0.05, 0.1) is 26.0 Å². The van der Waals surface area contributed by atoms with Crippen LogP contribution in [0.2, 0.25) is 5.02 Å². The zero-order valence-electron chi connectivity index (χ0n) is 8.70. The Balaban J connectivity index is 2.95. The summed E-state index contributed by atoms with van der Waals surface area (Å²) in [4.78, 5) is 11.9. The second-order valence-corrected chi connectivity index (χ2v) is 5.34. The highest BCUT2D eigenvalue weighted by molar-refractivity contribution is 7.86. The summed E-state index contributed by atoms with van der Waals surface area (Å²) in [5, 5.41) is -0.0403. The van der Waals surface area contributed by atoms with Gasteiger partial charge in [-0.25, -0.2) is 0 Å². The largest absolute Gasteiger partial charge is 0.298 e. The van der Waals surface area contributed by atoms with Crippen molar-refractivity contribution in [3.8, 4) is 0 Å². The van der Waals surface area contributed by atoms with Gasteiger partial charge in [0, 0.05) is 6.42 Å². The third kappa shape index (κ3) is 2.89. The normalized spacial score (nSPS) is 14.6. The summed E-state index contributed by atoms with van der Waals surface area (Å²) in [6.07, 6.45) is 0.400. The van der Waals surface area contributed by atoms with Crippen LogP contribution in [0.5, 0.6) is 0 Å². The van der Waals surface area contributed by atoms with E-state index in [1.807, 2.05) is 0 Å². The zero-order valence-corrected chi connectivity index (χ0v) is 10.3. The Hall–Kier alpha value is -0.670. The lowest BCUT2D eigenvalue weighted by molar-refractivity contribution is -0.118. The summed E-state index contributed by atoms with van der Waals surface area (Å²) in [5.74, 6) is -0.00625. The zero-order chi connectivity index (χ0) is 11.4. The van der Waals surface area contributed by atoms with Crippen LogP contribution in [0.4, 0.5) is 0 Å². The minimum Gasteiger partial charge on any atom is -0.298 e. The molecule has 0 bridgehead atoms. The Labute approximate surface area is 97.1 Å². The number of hydrogen-bond acceptors (Lipinski definition) is 2. The lowest BCUT2D eigenvalue weighted by atomic mass is 10.2. The molecule has 2 unspecified atom stereocenters. The van der Waals surface area contributed by atoms with Crippen LogP contribution in [0.25, 0.3) is 0 Å². The fraction of sp³-hybridized carbons (Fsp3) is 0.364. The van der Waals surface area contributed by atoms with Crippen LogP contribution in [-0.2, 0) is 15.6 Å². The molecule has 0 heterocycles. The van der Waals surface area contributed by atoms with Gasteiger partial charge in [0.1, 0.15) is 5.78 Å². The van der Waals surface area contributed by atoms with Crippen LogP contribution in [0, 0.1) is 0 Å². The van der Waals surface area contributed by atoms with E-state index in [2.05, 4.69) is 0 Å². The van der Waals surface area contributed by atoms with E-state index < -0.39 is 16.0 Å². The van der Waals surface area contributed by atoms with Crippen molar-refractivity contribution in [2.45, 2.75) is 30.4 Å². The van der Waals surface area contributed by atoms with Crippen molar-refractivity contribution in [2.75, 3.05) is 0 Å². The smallest absolute Gasteiger partial charge is 0.148 e. The van der Waals surface area contributed by atoms with E-state index in [9.17, 15) is 9.00 Å². The average Bonchev–Trinajstić information content (AvgIpc) is 2.26. The van der Waals surface area contributed by atoms with Crippen molar-refractivity contribution in [1.82, 2.24) is 0 Å². The first-order valence-electron chi connectivity index (χ1n) is 4.75. The van der Waals surface area contributed by atoms with Crippen LogP contribution in [0.1, 0.15) is 20.3 Å². The van der Waals surface area contributed by atoms with Gasteiger partial charge in [0.2, 0.25) is 0 Å². The maximum atomic E-state index is 12.0. The third-order valence-electron chi connectivity index (χ3n) is 2.18. The van der Waals surface area contributed by atoms with Gasteiger partial charge in [0.25, 0.3) is 0 Å². The number of carbonyl (C=O) groups excluding carboxylic acids is 1. The van der Waals surface area contributed by atoms with E-state index in [0.717, 1.165) is 0 Å². The fourth-order valence-electron chi connectivity index (χ4n) is 1.21. The molecule has 0 saturated carbocycles. The molecule has 0 aromatic heterocycles. The maximum Gasteiger partial charge on any atom is 0.148 e. The molecule has 0 radical (unpaired) electrons. The minimum absolute atomic E-state index is 0.00625. The first-order chi connectivity index (χ1) is 7.07. The van der Waals surface area contributed by atoms with Gasteiger partial charge in [0.15, 0.2) is 0 Å². The highest BCUT2D eigenvalue weighted by atomic mass is 35.5. The maximum absolute atomic E-state index is 12.0. The van der Waals surface area contributed by atoms with E-state index in [1.165, 1.54) is 0 Å². The Morgan fingerprint density at radius 1 is 1.47 bits per heavy atom. The first kappa shape index (κ1) is 12.4. The molecule has 0 fully saturated rings. The van der Waals surface area contributed by atoms with E-state index in [-0.39, 0.29) is 5.78 Å². The molecule has 1 aromatic rings. The number of benzene rings is 1. The van der Waals surface area contributed by atoms with Gasteiger partial charge < -0.3 is 0 Å². The summed E-state index contributed by atoms with van der Waals surface area (Å²) in [6.45, 7) is 3.44. The summed E-state index contributed by atoms with van der Waals surface area (Å²) < 4.78 is 12.0. The Bertz CT molecular complexity index is 390. The van der Waals surface area contributed by atoms with Gasteiger partial charge in [-0.05, 0) is 19.1 Å². The molecule has 0 aliphatic carbocycles. The second kappa shape index (κ2) is 5.42. The molecular weight excluding hydrogens is 232 g/mol. The monoisotopic (exact) mass is 244 g/mol. The summed E-state index contributed by atoms with van der Waals surface area (Å²) in [5.41, 5.74) is 0. The molecule has 2 atom stereocenters. The minimum atomic E-state index is -1.35. The fourth-order valence-corrected chi connectivity index (χ4v) is 2.83. The van der Waals surface area contributed by atoms with E-state index in [1.54, 1.807) is 38.1 Å². The molecule has 0 saturated heterocycles. The van der Waals surface area contributed by atoms with Gasteiger partial charge >= 0.3 is 0 Å². The molecule has 15 heavy (non-hydrogen) atoms. The van der Waals surface area contributed by atoms with E-state index in [0.29, 0.717) is 16.3 Å². The highest BCUT2D eigenvalue weighted by Gasteiger charge is 2.21. The molecule has 4 heteroatoms. The number of halogens is 1. The molecule has 1 aromatic carbocycles. The van der Waals surface area contributed by atoms with Crippen molar-refractivity contribution in [3.63, 3.8) is 0 Å². The van der Waals surface area contributed by atoms with E-state index >= 15 is 0 Å². The van der Waals surface area contributed by atoms with Crippen LogP contribution in [0.15, 0.2) is 29.2 Å². The number of Topliss-reactive ketones (excluding diaryl/α,β-unsaturated/α-hetero) is 1. The highest BCUT2D eigenvalue weighted by Crippen LogP contribution is 2.21. The predicted octanol–water partition coefficient (Wildman–Crippen LogP) is 2.82. The van der Waals surface area contributed by atoms with E-state index in [4.69, 9.17) is 11.6 Å². The average molecular weight is 245 g/mol. The Morgan fingerprint density at radius 2 is 2.07 bits per heavy atom. The quantitative estimate of drug-likeness (QED) is 0.816. The lowest BCUT2D eigenvalue weighted by Crippen LogP contribution is -2.21. The number of hydrogen-bond donors (Lipinski definition) is 0. The van der Waals surface area contributed by atoms with Crippen LogP contribution in [-0.4, -0.2) is 15.2 Å². The summed E-state index contributed by atoms with van der Waals surface area (Å²) in [7, 11) is -1.35. The number of ketones is 1. The standard InChI is InChI=1S/C11H13ClO2S/c1-3-10(13)8(2)15(14)11-7-5-4-6-9(11)12/h4-8H,3H2,1-2H3. The van der Waals surface area contributed by atoms with Crippen LogP contribution in [0.3, 0.4) is 0 Å². The van der Waals surface area contributed by atoms with Crippen molar-refractivity contribution in [1.29, 1.82) is 0 Å². The summed E-state index contributed by atoms with van der Waals surface area (Å²) >= 11 is 5.91. The van der Waals surface area contributed by atoms with Crippen molar-refractivity contribution in [3.05, 3.63) is 29.3 Å². The molecule has 0 aliphatic rings. The Morgan fingerprint density at radius 3 is 2.60 bits per heavy atom. The molecular formula is C11H13ClO2S. The molecule has 0 aliphatic heterocycles. The van der Waals surface area contributed by atoms with Gasteiger partial charge in [-0.3, -0.25) is 9.00 Å². The molecule has 2 nitrogen and oxygen atoms in total. The molecule has 0 N–H and O–H groups in total. The van der Waals surface area contributed by atoms with Gasteiger partial charge in [-0.15, -0.1) is 0 Å². The van der Waals surface area contributed by atoms with Crippen molar-refractivity contribution in [2.24, 2.45) is 0 Å². The van der Waals surface area contributed by atoms with Crippen molar-refractivity contribution < 1.29 is 9.00 Å². The van der Waals surface area contributed by atoms with Gasteiger partial charge in [-0.2, -0.15) is 0 Å². The Kier molecular flexibility index (Phi) is 4.48. The topological polar surface area (TPSA) is 34.1 Å². The molecule has 0 amide bonds. The molecule has 82 valence electrons. The number of carbonyl (C=O) groups is 1. The predicted molar refractivity (Wildman–Crippen MR) is 62.6 cm³/mol. The molecule has 0 spiro atoms.